The molecule has 0 radical (unpaired) electrons. The van der Waals surface area contributed by atoms with Gasteiger partial charge < -0.3 is 20.1 Å². The van der Waals surface area contributed by atoms with Crippen molar-refractivity contribution in [2.75, 3.05) is 40.5 Å². The van der Waals surface area contributed by atoms with E-state index in [2.05, 4.69) is 57.8 Å². The van der Waals surface area contributed by atoms with Crippen LogP contribution in [-0.2, 0) is 16.0 Å². The first kappa shape index (κ1) is 23.4. The van der Waals surface area contributed by atoms with Gasteiger partial charge >= 0.3 is 0 Å². The third kappa shape index (κ3) is 6.30. The van der Waals surface area contributed by atoms with Crippen LogP contribution in [0.3, 0.4) is 0 Å². The number of nitrogens with zero attached hydrogens (tertiary/aromatic N) is 2. The van der Waals surface area contributed by atoms with Crippen molar-refractivity contribution in [1.82, 2.24) is 15.5 Å². The largest absolute Gasteiger partial charge is 0.381 e. The smallest absolute Gasteiger partial charge is 0.191 e. The zero-order chi connectivity index (χ0) is 19.1. The van der Waals surface area contributed by atoms with E-state index in [-0.39, 0.29) is 29.6 Å². The van der Waals surface area contributed by atoms with Crippen LogP contribution in [0.5, 0.6) is 0 Å². The molecule has 2 saturated heterocycles. The average molecular weight is 502 g/mol. The van der Waals surface area contributed by atoms with E-state index in [1.165, 1.54) is 5.56 Å². The minimum absolute atomic E-state index is 0. The number of halogens is 1. The Balaban J connectivity index is 0.00000280. The number of nitrogens with one attached hydrogen (secondary N) is 2. The van der Waals surface area contributed by atoms with Gasteiger partial charge in [0, 0.05) is 71.9 Å². The summed E-state index contributed by atoms with van der Waals surface area (Å²) in [6.45, 7) is 6.61. The van der Waals surface area contributed by atoms with Gasteiger partial charge in [0.2, 0.25) is 0 Å². The van der Waals surface area contributed by atoms with E-state index in [0.717, 1.165) is 58.1 Å². The molecule has 0 aromatic heterocycles. The van der Waals surface area contributed by atoms with Gasteiger partial charge in [0.15, 0.2) is 5.96 Å². The molecule has 2 atom stereocenters. The van der Waals surface area contributed by atoms with Gasteiger partial charge in [-0.05, 0) is 18.9 Å². The molecule has 1 aromatic rings. The molecular formula is C21H35IN4O2. The highest BCUT2D eigenvalue weighted by Crippen LogP contribution is 2.24. The Morgan fingerprint density at radius 2 is 2.00 bits per heavy atom. The molecule has 0 amide bonds. The maximum absolute atomic E-state index is 5.81. The first-order chi connectivity index (χ1) is 13.1. The van der Waals surface area contributed by atoms with Gasteiger partial charge in [-0.25, -0.2) is 0 Å². The number of hydrogen-bond acceptors (Lipinski definition) is 4. The molecular weight excluding hydrogens is 467 g/mol. The van der Waals surface area contributed by atoms with Gasteiger partial charge in [0.1, 0.15) is 0 Å². The molecule has 0 aliphatic carbocycles. The second-order valence-corrected chi connectivity index (χ2v) is 7.77. The Morgan fingerprint density at radius 1 is 1.29 bits per heavy atom. The normalized spacial score (nSPS) is 25.2. The number of ether oxygens (including phenoxy) is 2. The van der Waals surface area contributed by atoms with E-state index in [1.54, 1.807) is 7.11 Å². The topological polar surface area (TPSA) is 58.1 Å². The lowest BCUT2D eigenvalue weighted by molar-refractivity contribution is -0.0855. The summed E-state index contributed by atoms with van der Waals surface area (Å²) in [4.78, 5) is 6.96. The fourth-order valence-electron chi connectivity index (χ4n) is 4.07. The number of rotatable bonds is 6. The van der Waals surface area contributed by atoms with Crippen LogP contribution in [0, 0.1) is 0 Å². The SMILES string of the molecule is CN=C(NCC1(OC)CCOCC1)NC1CC(C)N(Cc2ccccc2)C1.I. The Labute approximate surface area is 186 Å². The van der Waals surface area contributed by atoms with Crippen molar-refractivity contribution < 1.29 is 9.47 Å². The predicted molar refractivity (Wildman–Crippen MR) is 124 cm³/mol. The third-order valence-corrected chi connectivity index (χ3v) is 5.91. The number of methoxy groups -OCH3 is 1. The maximum Gasteiger partial charge on any atom is 0.191 e. The predicted octanol–water partition coefficient (Wildman–Crippen LogP) is 2.63. The van der Waals surface area contributed by atoms with Crippen LogP contribution in [0.15, 0.2) is 35.3 Å². The van der Waals surface area contributed by atoms with E-state index in [0.29, 0.717) is 12.1 Å². The molecule has 1 aromatic carbocycles. The summed E-state index contributed by atoms with van der Waals surface area (Å²) in [6, 6.07) is 11.7. The summed E-state index contributed by atoms with van der Waals surface area (Å²) in [7, 11) is 3.63. The van der Waals surface area contributed by atoms with Crippen LogP contribution >= 0.6 is 24.0 Å². The number of aliphatic imine (C=N–C) groups is 1. The van der Waals surface area contributed by atoms with E-state index in [9.17, 15) is 0 Å². The van der Waals surface area contributed by atoms with Crippen LogP contribution in [0.4, 0.5) is 0 Å². The van der Waals surface area contributed by atoms with Crippen molar-refractivity contribution in [3.05, 3.63) is 35.9 Å². The Morgan fingerprint density at radius 3 is 2.64 bits per heavy atom. The molecule has 2 heterocycles. The number of likely N-dealkylation sites (tertiary alicyclic amines) is 1. The molecule has 2 aliphatic heterocycles. The lowest BCUT2D eigenvalue weighted by atomic mass is 9.94. The lowest BCUT2D eigenvalue weighted by Gasteiger charge is -2.36. The van der Waals surface area contributed by atoms with Crippen molar-refractivity contribution in [1.29, 1.82) is 0 Å². The molecule has 6 nitrogen and oxygen atoms in total. The van der Waals surface area contributed by atoms with E-state index < -0.39 is 0 Å². The van der Waals surface area contributed by atoms with Crippen LogP contribution in [0.25, 0.3) is 0 Å². The highest BCUT2D eigenvalue weighted by atomic mass is 127. The van der Waals surface area contributed by atoms with Gasteiger partial charge in [0.05, 0.1) is 5.60 Å². The molecule has 0 bridgehead atoms. The van der Waals surface area contributed by atoms with E-state index in [1.807, 2.05) is 7.05 Å². The molecule has 2 fully saturated rings. The average Bonchev–Trinajstić information content (AvgIpc) is 3.05. The molecule has 7 heteroatoms. The van der Waals surface area contributed by atoms with Gasteiger partial charge in [0.25, 0.3) is 0 Å². The second-order valence-electron chi connectivity index (χ2n) is 7.77. The third-order valence-electron chi connectivity index (χ3n) is 5.91. The maximum atomic E-state index is 5.81. The monoisotopic (exact) mass is 502 g/mol. The van der Waals surface area contributed by atoms with Crippen LogP contribution < -0.4 is 10.6 Å². The fraction of sp³-hybridized carbons (Fsp3) is 0.667. The summed E-state index contributed by atoms with van der Waals surface area (Å²) in [5.74, 6) is 0.858. The fourth-order valence-corrected chi connectivity index (χ4v) is 4.07. The number of guanidine groups is 1. The summed E-state index contributed by atoms with van der Waals surface area (Å²) >= 11 is 0. The highest BCUT2D eigenvalue weighted by Gasteiger charge is 2.33. The van der Waals surface area contributed by atoms with Crippen LogP contribution in [0.1, 0.15) is 31.7 Å². The van der Waals surface area contributed by atoms with E-state index >= 15 is 0 Å². The Bertz CT molecular complexity index is 608. The summed E-state index contributed by atoms with van der Waals surface area (Å²) < 4.78 is 11.3. The second kappa shape index (κ2) is 11.3. The van der Waals surface area contributed by atoms with E-state index in [4.69, 9.17) is 9.47 Å². The minimum Gasteiger partial charge on any atom is -0.381 e. The molecule has 2 N–H and O–H groups in total. The summed E-state index contributed by atoms with van der Waals surface area (Å²) in [5, 5.41) is 7.08. The molecule has 2 unspecified atom stereocenters. The highest BCUT2D eigenvalue weighted by molar-refractivity contribution is 14.0. The zero-order valence-corrected chi connectivity index (χ0v) is 19.6. The Hall–Kier alpha value is -0.900. The molecule has 0 saturated carbocycles. The van der Waals surface area contributed by atoms with Gasteiger partial charge in [-0.2, -0.15) is 0 Å². The van der Waals surface area contributed by atoms with Gasteiger partial charge in [-0.1, -0.05) is 30.3 Å². The van der Waals surface area contributed by atoms with Crippen LogP contribution in [-0.4, -0.2) is 69.0 Å². The number of hydrogen-bond donors (Lipinski definition) is 2. The summed E-state index contributed by atoms with van der Waals surface area (Å²) in [5.41, 5.74) is 1.21. The van der Waals surface area contributed by atoms with Crippen molar-refractivity contribution in [2.45, 2.75) is 50.4 Å². The Kier molecular flexibility index (Phi) is 9.46. The van der Waals surface area contributed by atoms with Crippen molar-refractivity contribution >= 4 is 29.9 Å². The lowest BCUT2D eigenvalue weighted by Crippen LogP contribution is -2.52. The zero-order valence-electron chi connectivity index (χ0n) is 17.3. The molecule has 28 heavy (non-hydrogen) atoms. The quantitative estimate of drug-likeness (QED) is 0.356. The van der Waals surface area contributed by atoms with Crippen molar-refractivity contribution in [2.24, 2.45) is 4.99 Å². The van der Waals surface area contributed by atoms with Crippen molar-refractivity contribution in [3.8, 4) is 0 Å². The summed E-state index contributed by atoms with van der Waals surface area (Å²) in [6.07, 6.45) is 2.95. The standard InChI is InChI=1S/C21H34N4O2.HI/c1-17-13-19(15-25(17)14-18-7-5-4-6-8-18)24-20(22-2)23-16-21(26-3)9-11-27-12-10-21;/h4-8,17,19H,9-16H2,1-3H3,(H2,22,23,24);1H. The van der Waals surface area contributed by atoms with Gasteiger partial charge in [-0.15, -0.1) is 24.0 Å². The first-order valence-electron chi connectivity index (χ1n) is 10.0. The molecule has 2 aliphatic rings. The number of benzene rings is 1. The molecule has 158 valence electrons. The van der Waals surface area contributed by atoms with Crippen LogP contribution in [0.2, 0.25) is 0 Å². The minimum atomic E-state index is -0.155. The molecule has 0 spiro atoms. The molecule has 3 rings (SSSR count). The van der Waals surface area contributed by atoms with Crippen molar-refractivity contribution in [3.63, 3.8) is 0 Å². The van der Waals surface area contributed by atoms with Gasteiger partial charge in [-0.3, -0.25) is 9.89 Å². The first-order valence-corrected chi connectivity index (χ1v) is 10.0.